The van der Waals surface area contributed by atoms with E-state index in [-0.39, 0.29) is 6.42 Å². The predicted octanol–water partition coefficient (Wildman–Crippen LogP) is 1.79. The van der Waals surface area contributed by atoms with Crippen LogP contribution in [0.4, 0.5) is 0 Å². The van der Waals surface area contributed by atoms with Crippen molar-refractivity contribution < 1.29 is 18.3 Å². The summed E-state index contributed by atoms with van der Waals surface area (Å²) >= 11 is 0. The van der Waals surface area contributed by atoms with Crippen molar-refractivity contribution in [2.75, 3.05) is 5.75 Å². The fourth-order valence-corrected chi connectivity index (χ4v) is 3.34. The summed E-state index contributed by atoms with van der Waals surface area (Å²) in [7, 11) is -3.57. The number of carboxylic acid groups (broad SMARTS) is 1. The van der Waals surface area contributed by atoms with Crippen molar-refractivity contribution in [3.8, 4) is 0 Å². The van der Waals surface area contributed by atoms with Crippen LogP contribution in [-0.4, -0.2) is 30.8 Å². The van der Waals surface area contributed by atoms with Crippen molar-refractivity contribution in [2.24, 2.45) is 0 Å². The average molecular weight is 299 g/mol. The van der Waals surface area contributed by atoms with E-state index in [1.54, 1.807) is 13.8 Å². The van der Waals surface area contributed by atoms with Crippen molar-refractivity contribution >= 4 is 16.0 Å². The number of hydrogen-bond donors (Lipinski definition) is 2. The van der Waals surface area contributed by atoms with Crippen LogP contribution >= 0.6 is 0 Å². The summed E-state index contributed by atoms with van der Waals surface area (Å²) in [4.78, 5) is 10.4. The second-order valence-corrected chi connectivity index (χ2v) is 7.28. The maximum absolute atomic E-state index is 11.8. The van der Waals surface area contributed by atoms with Gasteiger partial charge in [0.25, 0.3) is 0 Å². The second kappa shape index (κ2) is 6.85. The van der Waals surface area contributed by atoms with Crippen LogP contribution in [0.3, 0.4) is 0 Å². The lowest BCUT2D eigenvalue weighted by molar-refractivity contribution is -0.136. The van der Waals surface area contributed by atoms with Crippen LogP contribution in [0.25, 0.3) is 0 Å². The lowest BCUT2D eigenvalue weighted by Crippen LogP contribution is -2.44. The van der Waals surface area contributed by atoms with Crippen molar-refractivity contribution in [3.05, 3.63) is 35.9 Å². The SMILES string of the molecule is CC(C)(CCc1ccccc1)NS(=O)(=O)CCC(=O)O. The fraction of sp³-hybridized carbons (Fsp3) is 0.500. The number of rotatable bonds is 8. The molecule has 0 bridgehead atoms. The van der Waals surface area contributed by atoms with Gasteiger partial charge in [0.05, 0.1) is 12.2 Å². The maximum atomic E-state index is 11.8. The minimum absolute atomic E-state index is 0.385. The molecule has 1 rings (SSSR count). The Morgan fingerprint density at radius 1 is 1.25 bits per heavy atom. The molecule has 0 aliphatic carbocycles. The first-order valence-electron chi connectivity index (χ1n) is 6.48. The molecule has 0 atom stereocenters. The van der Waals surface area contributed by atoms with Gasteiger partial charge in [0.2, 0.25) is 10.0 Å². The highest BCUT2D eigenvalue weighted by atomic mass is 32.2. The molecule has 0 radical (unpaired) electrons. The molecule has 5 nitrogen and oxygen atoms in total. The molecule has 112 valence electrons. The smallest absolute Gasteiger partial charge is 0.304 e. The molecule has 0 amide bonds. The zero-order valence-corrected chi connectivity index (χ0v) is 12.6. The van der Waals surface area contributed by atoms with Gasteiger partial charge in [-0.3, -0.25) is 4.79 Å². The van der Waals surface area contributed by atoms with Crippen LogP contribution in [0, 0.1) is 0 Å². The third-order valence-electron chi connectivity index (χ3n) is 2.90. The monoisotopic (exact) mass is 299 g/mol. The van der Waals surface area contributed by atoms with Crippen LogP contribution < -0.4 is 4.72 Å². The van der Waals surface area contributed by atoms with Crippen molar-refractivity contribution in [2.45, 2.75) is 38.6 Å². The van der Waals surface area contributed by atoms with Gasteiger partial charge in [-0.2, -0.15) is 0 Å². The maximum Gasteiger partial charge on any atom is 0.304 e. The number of aryl methyl sites for hydroxylation is 1. The second-order valence-electron chi connectivity index (χ2n) is 5.43. The summed E-state index contributed by atoms with van der Waals surface area (Å²) in [6, 6.07) is 9.81. The van der Waals surface area contributed by atoms with Gasteiger partial charge in [-0.05, 0) is 32.3 Å². The molecular weight excluding hydrogens is 278 g/mol. The first-order valence-corrected chi connectivity index (χ1v) is 8.13. The number of carboxylic acids is 1. The standard InChI is InChI=1S/C14H21NO4S/c1-14(2,10-8-12-6-4-3-5-7-12)15-20(18,19)11-9-13(16)17/h3-7,15H,8-11H2,1-2H3,(H,16,17). The summed E-state index contributed by atoms with van der Waals surface area (Å²) in [5.74, 6) is -1.51. The highest BCUT2D eigenvalue weighted by molar-refractivity contribution is 7.89. The first kappa shape index (κ1) is 16.7. The molecule has 1 aromatic rings. The van der Waals surface area contributed by atoms with Crippen LogP contribution in [0.2, 0.25) is 0 Å². The topological polar surface area (TPSA) is 83.5 Å². The molecule has 0 aliphatic rings. The number of carbonyl (C=O) groups is 1. The summed E-state index contributed by atoms with van der Waals surface area (Å²) in [6.45, 7) is 3.60. The van der Waals surface area contributed by atoms with E-state index in [0.29, 0.717) is 6.42 Å². The van der Waals surface area contributed by atoms with Gasteiger partial charge < -0.3 is 5.11 Å². The molecule has 0 aromatic heterocycles. The Morgan fingerprint density at radius 2 is 1.85 bits per heavy atom. The Bertz CT molecular complexity index is 538. The Balaban J connectivity index is 2.54. The molecule has 0 saturated heterocycles. The zero-order valence-electron chi connectivity index (χ0n) is 11.8. The Hall–Kier alpha value is -1.40. The van der Waals surface area contributed by atoms with E-state index in [4.69, 9.17) is 5.11 Å². The summed E-state index contributed by atoms with van der Waals surface area (Å²) < 4.78 is 26.1. The van der Waals surface area contributed by atoms with E-state index >= 15 is 0 Å². The summed E-state index contributed by atoms with van der Waals surface area (Å²) in [5, 5.41) is 8.53. The van der Waals surface area contributed by atoms with E-state index in [0.717, 1.165) is 12.0 Å². The molecule has 2 N–H and O–H groups in total. The molecule has 6 heteroatoms. The highest BCUT2D eigenvalue weighted by Crippen LogP contribution is 2.15. The molecule has 0 saturated carbocycles. The van der Waals surface area contributed by atoms with Gasteiger partial charge in [-0.15, -0.1) is 0 Å². The van der Waals surface area contributed by atoms with E-state index in [9.17, 15) is 13.2 Å². The Labute approximate surface area is 120 Å². The van der Waals surface area contributed by atoms with Crippen LogP contribution in [0.1, 0.15) is 32.3 Å². The molecule has 0 fully saturated rings. The van der Waals surface area contributed by atoms with Crippen LogP contribution in [0.15, 0.2) is 30.3 Å². The van der Waals surface area contributed by atoms with Crippen molar-refractivity contribution in [3.63, 3.8) is 0 Å². The average Bonchev–Trinajstić information content (AvgIpc) is 2.34. The van der Waals surface area contributed by atoms with Crippen LogP contribution in [-0.2, 0) is 21.2 Å². The minimum atomic E-state index is -3.57. The third kappa shape index (κ3) is 6.68. The largest absolute Gasteiger partial charge is 0.481 e. The van der Waals surface area contributed by atoms with Gasteiger partial charge in [-0.25, -0.2) is 13.1 Å². The van der Waals surface area contributed by atoms with Gasteiger partial charge in [0.15, 0.2) is 0 Å². The van der Waals surface area contributed by atoms with E-state index in [2.05, 4.69) is 4.72 Å². The van der Waals surface area contributed by atoms with Gasteiger partial charge in [0, 0.05) is 5.54 Å². The molecule has 0 unspecified atom stereocenters. The Morgan fingerprint density at radius 3 is 2.40 bits per heavy atom. The van der Waals surface area contributed by atoms with Gasteiger partial charge in [-0.1, -0.05) is 30.3 Å². The molecule has 0 heterocycles. The quantitative estimate of drug-likeness (QED) is 0.766. The first-order chi connectivity index (χ1) is 9.20. The molecule has 1 aromatic carbocycles. The van der Waals surface area contributed by atoms with Crippen molar-refractivity contribution in [1.29, 1.82) is 0 Å². The summed E-state index contributed by atoms with van der Waals surface area (Å²) in [6.07, 6.45) is 1.02. The van der Waals surface area contributed by atoms with Gasteiger partial charge >= 0.3 is 5.97 Å². The fourth-order valence-electron chi connectivity index (χ4n) is 1.85. The molecule has 0 spiro atoms. The normalized spacial score (nSPS) is 12.3. The Kier molecular flexibility index (Phi) is 5.71. The van der Waals surface area contributed by atoms with E-state index < -0.39 is 27.3 Å². The van der Waals surface area contributed by atoms with E-state index in [1.807, 2.05) is 30.3 Å². The number of benzene rings is 1. The molecule has 0 aliphatic heterocycles. The van der Waals surface area contributed by atoms with Crippen molar-refractivity contribution in [1.82, 2.24) is 4.72 Å². The number of hydrogen-bond acceptors (Lipinski definition) is 3. The molecule has 20 heavy (non-hydrogen) atoms. The lowest BCUT2D eigenvalue weighted by Gasteiger charge is -2.26. The number of sulfonamides is 1. The summed E-state index contributed by atoms with van der Waals surface area (Å²) in [5.41, 5.74) is 0.540. The highest BCUT2D eigenvalue weighted by Gasteiger charge is 2.24. The predicted molar refractivity (Wildman–Crippen MR) is 78.0 cm³/mol. The lowest BCUT2D eigenvalue weighted by atomic mass is 9.97. The van der Waals surface area contributed by atoms with E-state index in [1.165, 1.54) is 0 Å². The van der Waals surface area contributed by atoms with Crippen LogP contribution in [0.5, 0.6) is 0 Å². The number of aliphatic carboxylic acids is 1. The zero-order chi connectivity index (χ0) is 15.2. The number of nitrogens with one attached hydrogen (secondary N) is 1. The third-order valence-corrected chi connectivity index (χ3v) is 4.50. The minimum Gasteiger partial charge on any atom is -0.481 e. The van der Waals surface area contributed by atoms with Gasteiger partial charge in [0.1, 0.15) is 0 Å². The molecular formula is C14H21NO4S.